The van der Waals surface area contributed by atoms with E-state index in [2.05, 4.69) is 62.5 Å². The Morgan fingerprint density at radius 2 is 0.948 bits per heavy atom. The zero-order valence-corrected chi connectivity index (χ0v) is 37.8. The van der Waals surface area contributed by atoms with Gasteiger partial charge in [-0.25, -0.2) is 4.57 Å². The Balaban J connectivity index is 4.24. The van der Waals surface area contributed by atoms with Crippen LogP contribution in [0.3, 0.4) is 0 Å². The first kappa shape index (κ1) is 55.9. The number of ether oxygens (including phenoxy) is 2. The lowest BCUT2D eigenvalue weighted by atomic mass is 10.1. The van der Waals surface area contributed by atoms with Crippen LogP contribution in [-0.2, 0) is 32.7 Å². The topological polar surface area (TPSA) is 155 Å². The molecule has 0 heterocycles. The van der Waals surface area contributed by atoms with Gasteiger partial charge in [-0.3, -0.25) is 18.6 Å². The van der Waals surface area contributed by atoms with Gasteiger partial charge in [0.05, 0.1) is 19.8 Å². The Labute approximate surface area is 354 Å². The Morgan fingerprint density at radius 1 is 0.552 bits per heavy atom. The van der Waals surface area contributed by atoms with Gasteiger partial charge >= 0.3 is 19.8 Å². The van der Waals surface area contributed by atoms with Gasteiger partial charge in [0.15, 0.2) is 0 Å². The summed E-state index contributed by atoms with van der Waals surface area (Å²) < 4.78 is 33.4. The van der Waals surface area contributed by atoms with E-state index < -0.39 is 45.1 Å². The molecule has 0 aliphatic carbocycles. The van der Waals surface area contributed by atoms with E-state index in [4.69, 9.17) is 29.4 Å². The lowest BCUT2D eigenvalue weighted by molar-refractivity contribution is -0.154. The van der Waals surface area contributed by atoms with Crippen LogP contribution in [0.15, 0.2) is 48.6 Å². The molecule has 3 unspecified atom stereocenters. The third-order valence-electron chi connectivity index (χ3n) is 9.83. The maximum absolute atomic E-state index is 12.7. The van der Waals surface area contributed by atoms with Gasteiger partial charge < -0.3 is 25.2 Å². The van der Waals surface area contributed by atoms with Crippen LogP contribution < -0.4 is 5.73 Å². The first-order valence-electron chi connectivity index (χ1n) is 23.2. The van der Waals surface area contributed by atoms with E-state index in [9.17, 15) is 19.0 Å². The van der Waals surface area contributed by atoms with Crippen molar-refractivity contribution < 1.29 is 42.7 Å². The number of hydrogen-bond acceptors (Lipinski definition) is 8. The van der Waals surface area contributed by atoms with Gasteiger partial charge in [0.2, 0.25) is 0 Å². The molecule has 0 saturated carbocycles. The lowest BCUT2D eigenvalue weighted by Gasteiger charge is -2.20. The van der Waals surface area contributed by atoms with Crippen LogP contribution in [0.1, 0.15) is 200 Å². The van der Waals surface area contributed by atoms with Crippen molar-refractivity contribution in [3.05, 3.63) is 48.6 Å². The van der Waals surface area contributed by atoms with E-state index in [1.54, 1.807) is 0 Å². The molecule has 0 aromatic heterocycles. The molecule has 0 radical (unpaired) electrons. The highest BCUT2D eigenvalue weighted by molar-refractivity contribution is 7.47. The van der Waals surface area contributed by atoms with Crippen LogP contribution >= 0.6 is 7.82 Å². The molecule has 338 valence electrons. The molecule has 0 spiro atoms. The van der Waals surface area contributed by atoms with Crippen LogP contribution in [0.5, 0.6) is 0 Å². The fraction of sp³-hybridized carbons (Fsp3) is 0.787. The van der Waals surface area contributed by atoms with Gasteiger partial charge in [-0.1, -0.05) is 165 Å². The predicted octanol–water partition coefficient (Wildman–Crippen LogP) is 13.0. The lowest BCUT2D eigenvalue weighted by Crippen LogP contribution is -2.34. The number of rotatable bonds is 44. The smallest absolute Gasteiger partial charge is 0.472 e. The third kappa shape index (κ3) is 42.1. The van der Waals surface area contributed by atoms with E-state index in [1.807, 2.05) is 0 Å². The predicted molar refractivity (Wildman–Crippen MR) is 240 cm³/mol. The molecule has 0 aromatic rings. The number of carbonyl (C=O) groups excluding carboxylic acids is 1. The van der Waals surface area contributed by atoms with Crippen LogP contribution in [0, 0.1) is 0 Å². The summed E-state index contributed by atoms with van der Waals surface area (Å²) in [5.74, 6) is -1.79. The van der Waals surface area contributed by atoms with Gasteiger partial charge in [0, 0.05) is 13.0 Å². The SMILES string of the molecule is CCCCCCC/C=C\C/C=C\C/C=C\CCCCCCCCC(=O)OC(COCCCCCCCC/C=C\CCCCCCC)COP(=O)(O)OCC(N)C(=O)O. The average molecular weight is 840 g/mol. The summed E-state index contributed by atoms with van der Waals surface area (Å²) in [4.78, 5) is 33.6. The molecular formula is C47H86NO9P. The summed E-state index contributed by atoms with van der Waals surface area (Å²) in [7, 11) is -4.62. The number of allylic oxidation sites excluding steroid dienone is 8. The Kier molecular flexibility index (Phi) is 41.5. The Hall–Kier alpha value is -2.07. The molecule has 4 N–H and O–H groups in total. The largest absolute Gasteiger partial charge is 0.480 e. The molecule has 0 rings (SSSR count). The van der Waals surface area contributed by atoms with Crippen molar-refractivity contribution in [3.8, 4) is 0 Å². The van der Waals surface area contributed by atoms with E-state index in [1.165, 1.54) is 96.3 Å². The van der Waals surface area contributed by atoms with E-state index in [-0.39, 0.29) is 13.0 Å². The minimum absolute atomic E-state index is 0.00665. The average Bonchev–Trinajstić information content (AvgIpc) is 3.20. The van der Waals surface area contributed by atoms with Crippen LogP contribution in [0.4, 0.5) is 0 Å². The molecule has 0 aliphatic rings. The van der Waals surface area contributed by atoms with E-state index in [0.29, 0.717) is 13.0 Å². The standard InChI is InChI=1S/C47H86NO9P/c1-3-5-7-9-11-13-15-17-19-20-21-22-23-24-25-27-29-31-33-35-37-39-46(49)57-44(42-55-58(52,53)56-43-45(48)47(50)51)41-54-40-38-36-34-32-30-28-26-18-16-14-12-10-8-6-4-2/h15-18,20-21,23-24,44-45H,3-14,19,22,25-43,48H2,1-2H3,(H,50,51)(H,52,53)/b17-15-,18-16-,21-20-,24-23-. The van der Waals surface area contributed by atoms with Crippen molar-refractivity contribution >= 4 is 19.8 Å². The fourth-order valence-corrected chi connectivity index (χ4v) is 6.97. The highest BCUT2D eigenvalue weighted by atomic mass is 31.2. The second-order valence-electron chi connectivity index (χ2n) is 15.5. The number of nitrogens with two attached hydrogens (primary N) is 1. The Morgan fingerprint density at radius 3 is 1.43 bits per heavy atom. The molecule has 0 bridgehead atoms. The summed E-state index contributed by atoms with van der Waals surface area (Å²) in [5, 5.41) is 8.90. The molecule has 10 nitrogen and oxygen atoms in total. The molecule has 0 aromatic carbocycles. The number of phosphoric ester groups is 1. The second kappa shape index (κ2) is 43.0. The van der Waals surface area contributed by atoms with Gasteiger partial charge in [-0.15, -0.1) is 0 Å². The fourth-order valence-electron chi connectivity index (χ4n) is 6.19. The molecule has 0 fully saturated rings. The molecule has 11 heteroatoms. The maximum atomic E-state index is 12.7. The molecule has 58 heavy (non-hydrogen) atoms. The van der Waals surface area contributed by atoms with Gasteiger partial charge in [-0.05, 0) is 77.0 Å². The van der Waals surface area contributed by atoms with E-state index in [0.717, 1.165) is 77.0 Å². The molecule has 0 aliphatic heterocycles. The Bertz CT molecular complexity index is 1110. The normalized spacial score (nSPS) is 14.3. The van der Waals surface area contributed by atoms with Gasteiger partial charge in [0.25, 0.3) is 0 Å². The number of carbonyl (C=O) groups is 2. The van der Waals surface area contributed by atoms with Crippen molar-refractivity contribution in [3.63, 3.8) is 0 Å². The molecular weight excluding hydrogens is 753 g/mol. The van der Waals surface area contributed by atoms with Crippen molar-refractivity contribution in [1.82, 2.24) is 0 Å². The maximum Gasteiger partial charge on any atom is 0.472 e. The second-order valence-corrected chi connectivity index (χ2v) is 17.0. The third-order valence-corrected chi connectivity index (χ3v) is 10.8. The summed E-state index contributed by atoms with van der Waals surface area (Å²) in [5.41, 5.74) is 5.36. The quantitative estimate of drug-likeness (QED) is 0.0234. The van der Waals surface area contributed by atoms with Crippen molar-refractivity contribution in [2.24, 2.45) is 5.73 Å². The number of aliphatic carboxylic acids is 1. The summed E-state index contributed by atoms with van der Waals surface area (Å²) in [6, 6.07) is -1.48. The summed E-state index contributed by atoms with van der Waals surface area (Å²) in [6.45, 7) is 3.84. The monoisotopic (exact) mass is 840 g/mol. The highest BCUT2D eigenvalue weighted by Gasteiger charge is 2.27. The number of hydrogen-bond donors (Lipinski definition) is 3. The van der Waals surface area contributed by atoms with Crippen LogP contribution in [-0.4, -0.2) is 60.5 Å². The highest BCUT2D eigenvalue weighted by Crippen LogP contribution is 2.43. The zero-order valence-electron chi connectivity index (χ0n) is 36.9. The molecule has 0 amide bonds. The zero-order chi connectivity index (χ0) is 42.6. The van der Waals surface area contributed by atoms with Crippen molar-refractivity contribution in [2.45, 2.75) is 212 Å². The van der Waals surface area contributed by atoms with Gasteiger partial charge in [-0.2, -0.15) is 0 Å². The van der Waals surface area contributed by atoms with Crippen molar-refractivity contribution in [1.29, 1.82) is 0 Å². The summed E-state index contributed by atoms with van der Waals surface area (Å²) in [6.07, 6.45) is 50.1. The minimum atomic E-state index is -4.62. The van der Waals surface area contributed by atoms with E-state index >= 15 is 0 Å². The first-order chi connectivity index (χ1) is 28.2. The number of carboxylic acid groups (broad SMARTS) is 1. The van der Waals surface area contributed by atoms with Crippen molar-refractivity contribution in [2.75, 3.05) is 26.4 Å². The van der Waals surface area contributed by atoms with Gasteiger partial charge in [0.1, 0.15) is 12.1 Å². The number of carboxylic acids is 1. The minimum Gasteiger partial charge on any atom is -0.480 e. The first-order valence-corrected chi connectivity index (χ1v) is 24.7. The molecule has 0 saturated heterocycles. The number of phosphoric acid groups is 1. The van der Waals surface area contributed by atoms with Crippen LogP contribution in [0.2, 0.25) is 0 Å². The number of unbranched alkanes of at least 4 members (excludes halogenated alkanes) is 22. The number of esters is 1. The summed E-state index contributed by atoms with van der Waals surface area (Å²) >= 11 is 0. The van der Waals surface area contributed by atoms with Crippen LogP contribution in [0.25, 0.3) is 0 Å². The molecule has 3 atom stereocenters.